The molecule has 1 aliphatic rings. The summed E-state index contributed by atoms with van der Waals surface area (Å²) in [6.07, 6.45) is 0.989. The lowest BCUT2D eigenvalue weighted by Gasteiger charge is -2.45. The summed E-state index contributed by atoms with van der Waals surface area (Å²) in [6.45, 7) is 5.87. The molecule has 0 aromatic rings. The summed E-state index contributed by atoms with van der Waals surface area (Å²) in [5.41, 5.74) is 0. The van der Waals surface area contributed by atoms with Gasteiger partial charge in [-0.2, -0.15) is 12.6 Å². The summed E-state index contributed by atoms with van der Waals surface area (Å²) in [4.78, 5) is 13.5. The molecule has 14 heavy (non-hydrogen) atoms. The summed E-state index contributed by atoms with van der Waals surface area (Å²) >= 11 is 8.10. The molecule has 0 spiro atoms. The number of nitrogens with zero attached hydrogens (tertiary/aromatic N) is 1. The quantitative estimate of drug-likeness (QED) is 0.577. The lowest BCUT2D eigenvalue weighted by Crippen LogP contribution is -2.55. The highest BCUT2D eigenvalue weighted by Gasteiger charge is 2.37. The van der Waals surface area contributed by atoms with E-state index >= 15 is 0 Å². The fourth-order valence-electron chi connectivity index (χ4n) is 2.40. The van der Waals surface area contributed by atoms with E-state index in [4.69, 9.17) is 0 Å². The van der Waals surface area contributed by atoms with Crippen LogP contribution in [0.2, 0.25) is 0 Å². The van der Waals surface area contributed by atoms with Crippen LogP contribution in [-0.2, 0) is 4.79 Å². The second-order valence-corrected chi connectivity index (χ2v) is 5.45. The molecule has 4 unspecified atom stereocenters. The standard InChI is InChI=1S/C10H18BrNOS/c1-6-4-10(14)9(5-11)7(2)12(6)8(3)13/h6-7,9-10,14H,4-5H2,1-3H3. The van der Waals surface area contributed by atoms with Crippen LogP contribution in [0.25, 0.3) is 0 Å². The van der Waals surface area contributed by atoms with Gasteiger partial charge < -0.3 is 4.90 Å². The second-order valence-electron chi connectivity index (χ2n) is 4.14. The Labute approximate surface area is 100.0 Å². The number of likely N-dealkylation sites (tertiary alicyclic amines) is 1. The molecule has 1 heterocycles. The Morgan fingerprint density at radius 2 is 2.14 bits per heavy atom. The molecule has 0 aliphatic carbocycles. The Balaban J connectivity index is 2.82. The smallest absolute Gasteiger partial charge is 0.219 e. The van der Waals surface area contributed by atoms with Crippen molar-refractivity contribution in [2.24, 2.45) is 5.92 Å². The van der Waals surface area contributed by atoms with Gasteiger partial charge in [-0.1, -0.05) is 15.9 Å². The average Bonchev–Trinajstić information content (AvgIpc) is 2.02. The molecule has 0 radical (unpaired) electrons. The number of hydrogen-bond acceptors (Lipinski definition) is 2. The van der Waals surface area contributed by atoms with Gasteiger partial charge in [0.15, 0.2) is 0 Å². The number of carbonyl (C=O) groups is 1. The molecular formula is C10H18BrNOS. The first-order valence-electron chi connectivity index (χ1n) is 5.02. The Kier molecular flexibility index (Phi) is 4.31. The molecule has 1 amide bonds. The van der Waals surface area contributed by atoms with E-state index in [9.17, 15) is 4.79 Å². The van der Waals surface area contributed by atoms with Crippen molar-refractivity contribution in [2.75, 3.05) is 5.33 Å². The van der Waals surface area contributed by atoms with Crippen LogP contribution in [0.1, 0.15) is 27.2 Å². The van der Waals surface area contributed by atoms with Crippen LogP contribution in [0.4, 0.5) is 0 Å². The minimum absolute atomic E-state index is 0.177. The van der Waals surface area contributed by atoms with Gasteiger partial charge in [-0.15, -0.1) is 0 Å². The third kappa shape index (κ3) is 2.27. The minimum atomic E-state index is 0.177. The van der Waals surface area contributed by atoms with Crippen molar-refractivity contribution in [1.29, 1.82) is 0 Å². The first kappa shape index (κ1) is 12.4. The van der Waals surface area contributed by atoms with Crippen molar-refractivity contribution >= 4 is 34.5 Å². The number of halogens is 1. The Hall–Kier alpha value is 0.300. The molecule has 0 N–H and O–H groups in total. The van der Waals surface area contributed by atoms with Gasteiger partial charge in [0, 0.05) is 35.5 Å². The lowest BCUT2D eigenvalue weighted by molar-refractivity contribution is -0.136. The molecular weight excluding hydrogens is 262 g/mol. The largest absolute Gasteiger partial charge is 0.337 e. The zero-order valence-corrected chi connectivity index (χ0v) is 11.4. The first-order chi connectivity index (χ1) is 6.49. The van der Waals surface area contributed by atoms with E-state index in [1.54, 1.807) is 6.92 Å². The molecule has 2 nitrogen and oxygen atoms in total. The maximum Gasteiger partial charge on any atom is 0.219 e. The van der Waals surface area contributed by atoms with Crippen LogP contribution in [0, 0.1) is 5.92 Å². The predicted molar refractivity (Wildman–Crippen MR) is 66.1 cm³/mol. The molecule has 1 rings (SSSR count). The molecule has 1 aliphatic heterocycles. The zero-order valence-electron chi connectivity index (χ0n) is 8.90. The van der Waals surface area contributed by atoms with Crippen LogP contribution in [0.15, 0.2) is 0 Å². The summed E-state index contributed by atoms with van der Waals surface area (Å²) in [5, 5.41) is 1.31. The Morgan fingerprint density at radius 3 is 2.57 bits per heavy atom. The van der Waals surface area contributed by atoms with Crippen molar-refractivity contribution in [1.82, 2.24) is 4.90 Å². The topological polar surface area (TPSA) is 20.3 Å². The second kappa shape index (κ2) is 4.88. The van der Waals surface area contributed by atoms with E-state index in [-0.39, 0.29) is 11.9 Å². The van der Waals surface area contributed by atoms with Gasteiger partial charge >= 0.3 is 0 Å². The van der Waals surface area contributed by atoms with E-state index in [1.807, 2.05) is 4.90 Å². The monoisotopic (exact) mass is 279 g/mol. The van der Waals surface area contributed by atoms with Crippen molar-refractivity contribution in [3.63, 3.8) is 0 Å². The van der Waals surface area contributed by atoms with E-state index < -0.39 is 0 Å². The van der Waals surface area contributed by atoms with Crippen LogP contribution < -0.4 is 0 Å². The SMILES string of the molecule is CC(=O)N1C(C)CC(S)C(CBr)C1C. The molecule has 0 aromatic heterocycles. The van der Waals surface area contributed by atoms with Crippen molar-refractivity contribution in [3.8, 4) is 0 Å². The normalized spacial score (nSPS) is 38.5. The first-order valence-corrected chi connectivity index (χ1v) is 6.65. The highest BCUT2D eigenvalue weighted by atomic mass is 79.9. The van der Waals surface area contributed by atoms with Crippen LogP contribution in [0.5, 0.6) is 0 Å². The Bertz CT molecular complexity index is 224. The maximum atomic E-state index is 11.5. The molecule has 0 saturated carbocycles. The van der Waals surface area contributed by atoms with Gasteiger partial charge in [-0.3, -0.25) is 4.79 Å². The van der Waals surface area contributed by atoms with Crippen molar-refractivity contribution < 1.29 is 4.79 Å². The van der Waals surface area contributed by atoms with E-state index in [0.29, 0.717) is 17.2 Å². The number of hydrogen-bond donors (Lipinski definition) is 1. The van der Waals surface area contributed by atoms with Gasteiger partial charge in [0.2, 0.25) is 5.91 Å². The lowest BCUT2D eigenvalue weighted by atomic mass is 9.87. The fourth-order valence-corrected chi connectivity index (χ4v) is 4.34. The highest BCUT2D eigenvalue weighted by Crippen LogP contribution is 2.32. The molecule has 4 heteroatoms. The van der Waals surface area contributed by atoms with E-state index in [1.165, 1.54) is 0 Å². The number of amides is 1. The number of alkyl halides is 1. The van der Waals surface area contributed by atoms with Crippen molar-refractivity contribution in [2.45, 2.75) is 44.5 Å². The zero-order chi connectivity index (χ0) is 10.9. The summed E-state index contributed by atoms with van der Waals surface area (Å²) in [7, 11) is 0. The predicted octanol–water partition coefficient (Wildman–Crippen LogP) is 2.33. The van der Waals surface area contributed by atoms with Crippen molar-refractivity contribution in [3.05, 3.63) is 0 Å². The van der Waals surface area contributed by atoms with Crippen LogP contribution >= 0.6 is 28.6 Å². The third-order valence-corrected chi connectivity index (χ3v) is 4.49. The third-order valence-electron chi connectivity index (χ3n) is 3.15. The Morgan fingerprint density at radius 1 is 1.57 bits per heavy atom. The molecule has 0 bridgehead atoms. The molecule has 4 atom stereocenters. The van der Waals surface area contributed by atoms with Crippen LogP contribution in [-0.4, -0.2) is 33.5 Å². The summed E-state index contributed by atoms with van der Waals surface area (Å²) < 4.78 is 0. The number of piperidine rings is 1. The maximum absolute atomic E-state index is 11.5. The minimum Gasteiger partial charge on any atom is -0.337 e. The number of rotatable bonds is 1. The molecule has 1 fully saturated rings. The van der Waals surface area contributed by atoms with Gasteiger partial charge in [-0.25, -0.2) is 0 Å². The number of carbonyl (C=O) groups excluding carboxylic acids is 1. The van der Waals surface area contributed by atoms with E-state index in [2.05, 4.69) is 42.4 Å². The molecule has 0 aromatic carbocycles. The van der Waals surface area contributed by atoms with E-state index in [0.717, 1.165) is 11.8 Å². The van der Waals surface area contributed by atoms with Gasteiger partial charge in [0.05, 0.1) is 0 Å². The fraction of sp³-hybridized carbons (Fsp3) is 0.900. The van der Waals surface area contributed by atoms with Gasteiger partial charge in [-0.05, 0) is 20.3 Å². The molecule has 1 saturated heterocycles. The average molecular weight is 280 g/mol. The van der Waals surface area contributed by atoms with Gasteiger partial charge in [0.25, 0.3) is 0 Å². The van der Waals surface area contributed by atoms with Gasteiger partial charge in [0.1, 0.15) is 0 Å². The molecule has 82 valence electrons. The summed E-state index contributed by atoms with van der Waals surface area (Å²) in [5.74, 6) is 0.634. The highest BCUT2D eigenvalue weighted by molar-refractivity contribution is 9.09. The summed E-state index contributed by atoms with van der Waals surface area (Å²) in [6, 6.07) is 0.610. The van der Waals surface area contributed by atoms with Crippen LogP contribution in [0.3, 0.4) is 0 Å². The number of thiol groups is 1.